The van der Waals surface area contributed by atoms with Crippen LogP contribution < -0.4 is 10.4 Å². The van der Waals surface area contributed by atoms with Crippen LogP contribution in [0.15, 0.2) is 39.1 Å². The van der Waals surface area contributed by atoms with E-state index in [9.17, 15) is 9.59 Å². The Hall–Kier alpha value is -2.56. The van der Waals surface area contributed by atoms with Crippen molar-refractivity contribution in [1.29, 1.82) is 0 Å². The molecule has 0 aliphatic heterocycles. The number of benzene rings is 1. The lowest BCUT2D eigenvalue weighted by molar-refractivity contribution is -0.145. The minimum absolute atomic E-state index is 0.374. The fourth-order valence-corrected chi connectivity index (χ4v) is 2.64. The van der Waals surface area contributed by atoms with E-state index in [0.717, 1.165) is 11.1 Å². The first-order valence-corrected chi connectivity index (χ1v) is 7.78. The average Bonchev–Trinajstić information content (AvgIpc) is 2.50. The van der Waals surface area contributed by atoms with E-state index in [1.54, 1.807) is 19.1 Å². The van der Waals surface area contributed by atoms with Crippen LogP contribution in [0.3, 0.4) is 0 Å². The van der Waals surface area contributed by atoms with Gasteiger partial charge in [0, 0.05) is 18.9 Å². The molecule has 2 rings (SSSR count). The Balaban J connectivity index is 2.74. The number of rotatable bonds is 5. The molecule has 0 radical (unpaired) electrons. The number of methoxy groups -OCH3 is 1. The van der Waals surface area contributed by atoms with Gasteiger partial charge in [0.1, 0.15) is 17.4 Å². The Morgan fingerprint density at radius 2 is 2.00 bits per heavy atom. The third kappa shape index (κ3) is 3.67. The van der Waals surface area contributed by atoms with Gasteiger partial charge in [0.05, 0.1) is 18.1 Å². The van der Waals surface area contributed by atoms with Crippen molar-refractivity contribution in [2.24, 2.45) is 0 Å². The molecule has 0 unspecified atom stereocenters. The van der Waals surface area contributed by atoms with E-state index in [-0.39, 0.29) is 5.97 Å². The highest BCUT2D eigenvalue weighted by molar-refractivity contribution is 5.88. The lowest BCUT2D eigenvalue weighted by atomic mass is 10.0. The predicted molar refractivity (Wildman–Crippen MR) is 92.4 cm³/mol. The first-order valence-electron chi connectivity index (χ1n) is 7.78. The fraction of sp³-hybridized carbons (Fsp3) is 0.368. The summed E-state index contributed by atoms with van der Waals surface area (Å²) in [5, 5.41) is 0.658. The second-order valence-corrected chi connectivity index (χ2v) is 5.86. The van der Waals surface area contributed by atoms with Gasteiger partial charge in [-0.15, -0.1) is 0 Å². The van der Waals surface area contributed by atoms with Gasteiger partial charge < -0.3 is 13.9 Å². The first kappa shape index (κ1) is 17.8. The minimum atomic E-state index is -0.482. The number of ether oxygens (including phenoxy) is 2. The van der Waals surface area contributed by atoms with Gasteiger partial charge in [0.15, 0.2) is 0 Å². The summed E-state index contributed by atoms with van der Waals surface area (Å²) in [7, 11) is 1.52. The van der Waals surface area contributed by atoms with Gasteiger partial charge in [-0.3, -0.25) is 4.79 Å². The Labute approximate surface area is 140 Å². The number of carbonyl (C=O) groups is 1. The number of hydrogen-bond acceptors (Lipinski definition) is 5. The highest BCUT2D eigenvalue weighted by Gasteiger charge is 2.21. The molecule has 0 aliphatic carbocycles. The van der Waals surface area contributed by atoms with E-state index in [4.69, 9.17) is 13.9 Å². The number of esters is 1. The van der Waals surface area contributed by atoms with Crippen LogP contribution in [0.25, 0.3) is 11.0 Å². The van der Waals surface area contributed by atoms with E-state index in [0.29, 0.717) is 28.7 Å². The van der Waals surface area contributed by atoms with Crippen molar-refractivity contribution < 1.29 is 18.7 Å². The molecule has 1 atom stereocenters. The maximum Gasteiger partial charge on any atom is 0.343 e. The fourth-order valence-electron chi connectivity index (χ4n) is 2.64. The summed E-state index contributed by atoms with van der Waals surface area (Å²) in [5.41, 5.74) is 2.27. The van der Waals surface area contributed by atoms with Crippen molar-refractivity contribution in [1.82, 2.24) is 0 Å². The highest BCUT2D eigenvalue weighted by Crippen LogP contribution is 2.35. The summed E-state index contributed by atoms with van der Waals surface area (Å²) < 4.78 is 16.3. The molecule has 5 nitrogen and oxygen atoms in total. The number of allylic oxidation sites excluding steroid dienone is 2. The van der Waals surface area contributed by atoms with E-state index in [2.05, 4.69) is 0 Å². The summed E-state index contributed by atoms with van der Waals surface area (Å²) in [4.78, 5) is 23.6. The van der Waals surface area contributed by atoms with Crippen LogP contribution in [-0.4, -0.2) is 13.1 Å². The van der Waals surface area contributed by atoms with Crippen molar-refractivity contribution in [2.75, 3.05) is 7.11 Å². The molecule has 0 saturated carbocycles. The van der Waals surface area contributed by atoms with Crippen molar-refractivity contribution in [3.8, 4) is 5.75 Å². The molecule has 0 fully saturated rings. The lowest BCUT2D eigenvalue weighted by Crippen LogP contribution is -2.12. The molecule has 1 heterocycles. The molecule has 0 N–H and O–H groups in total. The second kappa shape index (κ2) is 7.34. The zero-order valence-electron chi connectivity index (χ0n) is 14.6. The normalized spacial score (nSPS) is 11.9. The van der Waals surface area contributed by atoms with Crippen molar-refractivity contribution >= 4 is 16.9 Å². The summed E-state index contributed by atoms with van der Waals surface area (Å²) >= 11 is 0. The summed E-state index contributed by atoms with van der Waals surface area (Å²) in [6.07, 6.45) is 1.88. The Morgan fingerprint density at radius 3 is 2.58 bits per heavy atom. The van der Waals surface area contributed by atoms with E-state index in [1.807, 2.05) is 26.0 Å². The number of hydrogen-bond donors (Lipinski definition) is 0. The summed E-state index contributed by atoms with van der Waals surface area (Å²) in [6, 6.07) is 5.30. The molecule has 5 heteroatoms. The smallest absolute Gasteiger partial charge is 0.343 e. The molecule has 0 aliphatic rings. The van der Waals surface area contributed by atoms with Gasteiger partial charge in [0.2, 0.25) is 0 Å². The minimum Gasteiger partial charge on any atom is -0.495 e. The molecular formula is C19H22O5. The van der Waals surface area contributed by atoms with Crippen LogP contribution in [-0.2, 0) is 16.0 Å². The van der Waals surface area contributed by atoms with Gasteiger partial charge in [-0.25, -0.2) is 4.79 Å². The zero-order chi connectivity index (χ0) is 17.9. The quantitative estimate of drug-likeness (QED) is 0.472. The van der Waals surface area contributed by atoms with Crippen LogP contribution in [0, 0.1) is 0 Å². The highest BCUT2D eigenvalue weighted by atomic mass is 16.5. The van der Waals surface area contributed by atoms with Gasteiger partial charge in [0.25, 0.3) is 0 Å². The van der Waals surface area contributed by atoms with E-state index in [1.165, 1.54) is 14.0 Å². The van der Waals surface area contributed by atoms with Gasteiger partial charge in [-0.1, -0.05) is 23.8 Å². The number of carbonyl (C=O) groups excluding carboxylic acids is 1. The van der Waals surface area contributed by atoms with Crippen molar-refractivity contribution in [3.63, 3.8) is 0 Å². The molecule has 128 valence electrons. The Morgan fingerprint density at radius 1 is 1.29 bits per heavy atom. The van der Waals surface area contributed by atoms with E-state index < -0.39 is 11.7 Å². The third-order valence-electron chi connectivity index (χ3n) is 3.71. The van der Waals surface area contributed by atoms with Crippen LogP contribution >= 0.6 is 0 Å². The largest absolute Gasteiger partial charge is 0.495 e. The van der Waals surface area contributed by atoms with Crippen molar-refractivity contribution in [3.05, 3.63) is 51.4 Å². The van der Waals surface area contributed by atoms with Crippen molar-refractivity contribution in [2.45, 2.75) is 40.2 Å². The van der Waals surface area contributed by atoms with Crippen LogP contribution in [0.1, 0.15) is 44.9 Å². The molecule has 0 spiro atoms. The SMILES string of the molecule is COc1c(CC=C(C)C)c(=O)oc2cccc([C@H](C)OC(C)=O)c12. The van der Waals surface area contributed by atoms with Gasteiger partial charge in [-0.2, -0.15) is 0 Å². The third-order valence-corrected chi connectivity index (χ3v) is 3.71. The molecular weight excluding hydrogens is 308 g/mol. The van der Waals surface area contributed by atoms with Gasteiger partial charge >= 0.3 is 11.6 Å². The summed E-state index contributed by atoms with van der Waals surface area (Å²) in [6.45, 7) is 7.06. The molecule has 0 saturated heterocycles. The second-order valence-electron chi connectivity index (χ2n) is 5.86. The Kier molecular flexibility index (Phi) is 5.44. The lowest BCUT2D eigenvalue weighted by Gasteiger charge is -2.17. The van der Waals surface area contributed by atoms with Crippen LogP contribution in [0.2, 0.25) is 0 Å². The molecule has 1 aromatic heterocycles. The summed E-state index contributed by atoms with van der Waals surface area (Å²) in [5.74, 6) is 0.0916. The molecule has 24 heavy (non-hydrogen) atoms. The van der Waals surface area contributed by atoms with Crippen LogP contribution in [0.5, 0.6) is 5.75 Å². The Bertz CT molecular complexity index is 841. The zero-order valence-corrected chi connectivity index (χ0v) is 14.6. The maximum atomic E-state index is 12.3. The molecule has 0 bridgehead atoms. The maximum absolute atomic E-state index is 12.3. The monoisotopic (exact) mass is 330 g/mol. The number of fused-ring (bicyclic) bond motifs is 1. The molecule has 0 amide bonds. The topological polar surface area (TPSA) is 65.7 Å². The molecule has 2 aromatic rings. The van der Waals surface area contributed by atoms with Gasteiger partial charge in [-0.05, 0) is 26.8 Å². The van der Waals surface area contributed by atoms with Crippen LogP contribution in [0.4, 0.5) is 0 Å². The standard InChI is InChI=1S/C19H22O5/c1-11(2)9-10-15-18(22-5)17-14(12(3)23-13(4)20)7-6-8-16(17)24-19(15)21/h6-9,12H,10H2,1-5H3/t12-/m0/s1. The molecule has 1 aromatic carbocycles. The van der Waals surface area contributed by atoms with E-state index >= 15 is 0 Å². The first-order chi connectivity index (χ1) is 11.3. The average molecular weight is 330 g/mol. The predicted octanol–water partition coefficient (Wildman–Crippen LogP) is 3.93.